The molecule has 0 atom stereocenters. The molecule has 0 aliphatic carbocycles. The van der Waals surface area contributed by atoms with E-state index in [0.717, 1.165) is 42.0 Å². The Morgan fingerprint density at radius 3 is 1.69 bits per heavy atom. The first-order valence-electron chi connectivity index (χ1n) is 9.02. The molecule has 2 aromatic carbocycles. The van der Waals surface area contributed by atoms with Crippen LogP contribution in [0.3, 0.4) is 0 Å². The fraction of sp³-hybridized carbons (Fsp3) is 0.381. The molecule has 0 N–H and O–H groups in total. The van der Waals surface area contributed by atoms with Crippen LogP contribution >= 0.6 is 0 Å². The molecular weight excluding hydrogens is 326 g/mol. The highest BCUT2D eigenvalue weighted by atomic mass is 16.5. The summed E-state index contributed by atoms with van der Waals surface area (Å²) in [5.74, 6) is 1.63. The second-order valence-corrected chi connectivity index (χ2v) is 6.33. The van der Waals surface area contributed by atoms with Gasteiger partial charge in [0.25, 0.3) is 0 Å². The molecule has 139 valence electrons. The molecule has 3 rings (SSSR count). The van der Waals surface area contributed by atoms with Gasteiger partial charge in [0.15, 0.2) is 6.17 Å². The predicted molar refractivity (Wildman–Crippen MR) is 109 cm³/mol. The van der Waals surface area contributed by atoms with Crippen LogP contribution in [0.5, 0.6) is 11.5 Å². The summed E-state index contributed by atoms with van der Waals surface area (Å²) in [4.78, 5) is 6.66. The van der Waals surface area contributed by atoms with Crippen LogP contribution in [0, 0.1) is 6.17 Å². The van der Waals surface area contributed by atoms with Gasteiger partial charge in [-0.05, 0) is 26.0 Å². The second-order valence-electron chi connectivity index (χ2n) is 6.33. The van der Waals surface area contributed by atoms with Gasteiger partial charge in [-0.1, -0.05) is 12.1 Å². The number of methoxy groups -OCH3 is 2. The highest BCUT2D eigenvalue weighted by molar-refractivity contribution is 5.84. The Kier molecular flexibility index (Phi) is 5.16. The van der Waals surface area contributed by atoms with Gasteiger partial charge >= 0.3 is 0 Å². The summed E-state index contributed by atoms with van der Waals surface area (Å²) < 4.78 is 11.6. The molecule has 1 heterocycles. The van der Waals surface area contributed by atoms with E-state index >= 15 is 0 Å². The molecule has 0 aromatic heterocycles. The summed E-state index contributed by atoms with van der Waals surface area (Å²) in [6.45, 7) is 6.18. The minimum absolute atomic E-state index is 0.813. The molecule has 0 fully saturated rings. The topological polar surface area (TPSA) is 28.2 Å². The standard InChI is InChI=1S/C21H28N3O2/c1-7-24(8-2)15-13-18(25-5)20(19(14-15)26-6)21-22(3)16-11-9-10-12-17(16)23(21)4/h9-14H,7-8H2,1-6H3. The van der Waals surface area contributed by atoms with Gasteiger partial charge in [0, 0.05) is 45.0 Å². The second kappa shape index (κ2) is 7.36. The molecule has 0 spiro atoms. The average molecular weight is 354 g/mol. The van der Waals surface area contributed by atoms with E-state index in [2.05, 4.69) is 79.0 Å². The van der Waals surface area contributed by atoms with Gasteiger partial charge in [0.2, 0.25) is 0 Å². The molecule has 5 heteroatoms. The molecule has 5 nitrogen and oxygen atoms in total. The number of ether oxygens (including phenoxy) is 2. The zero-order valence-electron chi connectivity index (χ0n) is 16.5. The van der Waals surface area contributed by atoms with Crippen molar-refractivity contribution in [1.82, 2.24) is 0 Å². The van der Waals surface area contributed by atoms with Gasteiger partial charge in [-0.15, -0.1) is 0 Å². The van der Waals surface area contributed by atoms with E-state index in [-0.39, 0.29) is 0 Å². The van der Waals surface area contributed by atoms with Crippen molar-refractivity contribution >= 4 is 17.1 Å². The Balaban J connectivity index is 2.13. The lowest BCUT2D eigenvalue weighted by Crippen LogP contribution is -2.32. The molecule has 0 saturated carbocycles. The maximum absolute atomic E-state index is 5.79. The van der Waals surface area contributed by atoms with Crippen LogP contribution in [-0.2, 0) is 0 Å². The molecule has 0 amide bonds. The first-order chi connectivity index (χ1) is 12.6. The van der Waals surface area contributed by atoms with Crippen molar-refractivity contribution in [1.29, 1.82) is 0 Å². The van der Waals surface area contributed by atoms with Gasteiger partial charge in [0.1, 0.15) is 11.5 Å². The predicted octanol–water partition coefficient (Wildman–Crippen LogP) is 3.97. The van der Waals surface area contributed by atoms with Crippen LogP contribution in [0.2, 0.25) is 0 Å². The minimum atomic E-state index is 0.813. The highest BCUT2D eigenvalue weighted by Crippen LogP contribution is 2.49. The summed E-state index contributed by atoms with van der Waals surface area (Å²) in [6.07, 6.45) is 1.05. The van der Waals surface area contributed by atoms with Crippen molar-refractivity contribution in [3.05, 3.63) is 48.1 Å². The highest BCUT2D eigenvalue weighted by Gasteiger charge is 2.38. The summed E-state index contributed by atoms with van der Waals surface area (Å²) >= 11 is 0. The van der Waals surface area contributed by atoms with Crippen LogP contribution in [-0.4, -0.2) is 41.4 Å². The Hall–Kier alpha value is -2.56. The molecule has 0 unspecified atom stereocenters. The van der Waals surface area contributed by atoms with E-state index in [0.29, 0.717) is 0 Å². The van der Waals surface area contributed by atoms with Crippen molar-refractivity contribution in [2.45, 2.75) is 13.8 Å². The third kappa shape index (κ3) is 2.81. The van der Waals surface area contributed by atoms with E-state index in [1.165, 1.54) is 11.4 Å². The average Bonchev–Trinajstić information content (AvgIpc) is 2.93. The van der Waals surface area contributed by atoms with Gasteiger partial charge in [-0.3, -0.25) is 0 Å². The molecule has 1 aliphatic rings. The Morgan fingerprint density at radius 2 is 1.31 bits per heavy atom. The fourth-order valence-electron chi connectivity index (χ4n) is 3.71. The zero-order valence-corrected chi connectivity index (χ0v) is 16.5. The first-order valence-corrected chi connectivity index (χ1v) is 9.02. The number of benzene rings is 2. The van der Waals surface area contributed by atoms with Crippen LogP contribution in [0.4, 0.5) is 17.1 Å². The largest absolute Gasteiger partial charge is 0.496 e. The third-order valence-corrected chi connectivity index (χ3v) is 5.08. The van der Waals surface area contributed by atoms with Crippen molar-refractivity contribution in [3.8, 4) is 11.5 Å². The number of anilines is 3. The van der Waals surface area contributed by atoms with Gasteiger partial charge in [0.05, 0.1) is 31.2 Å². The molecule has 0 bridgehead atoms. The smallest absolute Gasteiger partial charge is 0.194 e. The SMILES string of the molecule is CCN(CC)c1cc(OC)c([C]2N(C)c3ccccc3N2C)c(OC)c1. The quantitative estimate of drug-likeness (QED) is 0.783. The molecule has 0 saturated heterocycles. The van der Waals surface area contributed by atoms with Gasteiger partial charge in [-0.2, -0.15) is 0 Å². The number of rotatable bonds is 6. The number of nitrogens with zero attached hydrogens (tertiary/aromatic N) is 3. The minimum Gasteiger partial charge on any atom is -0.496 e. The van der Waals surface area contributed by atoms with Crippen LogP contribution in [0.25, 0.3) is 0 Å². The van der Waals surface area contributed by atoms with E-state index in [1.807, 2.05) is 0 Å². The monoisotopic (exact) mass is 354 g/mol. The normalized spacial score (nSPS) is 13.8. The van der Waals surface area contributed by atoms with Crippen molar-refractivity contribution in [2.24, 2.45) is 0 Å². The number of para-hydroxylation sites is 2. The number of hydrogen-bond donors (Lipinski definition) is 0. The van der Waals surface area contributed by atoms with Gasteiger partial charge < -0.3 is 24.2 Å². The third-order valence-electron chi connectivity index (χ3n) is 5.08. The Bertz CT molecular complexity index is 720. The van der Waals surface area contributed by atoms with Crippen molar-refractivity contribution in [3.63, 3.8) is 0 Å². The number of hydrogen-bond acceptors (Lipinski definition) is 5. The Labute approximate surface area is 156 Å². The maximum atomic E-state index is 5.79. The lowest BCUT2D eigenvalue weighted by Gasteiger charge is -2.30. The lowest BCUT2D eigenvalue weighted by atomic mass is 10.1. The number of fused-ring (bicyclic) bond motifs is 1. The lowest BCUT2D eigenvalue weighted by molar-refractivity contribution is 0.387. The van der Waals surface area contributed by atoms with E-state index in [9.17, 15) is 0 Å². The molecule has 1 aliphatic heterocycles. The molecular formula is C21H28N3O2. The molecule has 26 heavy (non-hydrogen) atoms. The van der Waals surface area contributed by atoms with E-state index in [4.69, 9.17) is 9.47 Å². The van der Waals surface area contributed by atoms with Crippen molar-refractivity contribution < 1.29 is 9.47 Å². The van der Waals surface area contributed by atoms with Crippen LogP contribution < -0.4 is 24.2 Å². The summed E-state index contributed by atoms with van der Waals surface area (Å²) in [7, 11) is 7.59. The summed E-state index contributed by atoms with van der Waals surface area (Å²) in [5.41, 5.74) is 4.41. The summed E-state index contributed by atoms with van der Waals surface area (Å²) in [5, 5.41) is 0. The Morgan fingerprint density at radius 1 is 0.846 bits per heavy atom. The first kappa shape index (κ1) is 18.2. The van der Waals surface area contributed by atoms with Crippen LogP contribution in [0.15, 0.2) is 36.4 Å². The fourth-order valence-corrected chi connectivity index (χ4v) is 3.71. The van der Waals surface area contributed by atoms with Gasteiger partial charge in [-0.25, -0.2) is 0 Å². The molecule has 2 aromatic rings. The maximum Gasteiger partial charge on any atom is 0.194 e. The van der Waals surface area contributed by atoms with E-state index < -0.39 is 0 Å². The van der Waals surface area contributed by atoms with Crippen LogP contribution in [0.1, 0.15) is 19.4 Å². The van der Waals surface area contributed by atoms with Crippen molar-refractivity contribution in [2.75, 3.05) is 56.1 Å². The zero-order chi connectivity index (χ0) is 18.8. The summed E-state index contributed by atoms with van der Waals surface area (Å²) in [6, 6.07) is 12.6. The van der Waals surface area contributed by atoms with E-state index in [1.54, 1.807) is 14.2 Å². The molecule has 1 radical (unpaired) electrons.